The first-order valence-electron chi connectivity index (χ1n) is 12.6. The van der Waals surface area contributed by atoms with Crippen LogP contribution in [-0.2, 0) is 22.8 Å². The van der Waals surface area contributed by atoms with Crippen molar-refractivity contribution in [2.45, 2.75) is 56.5 Å². The van der Waals surface area contributed by atoms with E-state index in [2.05, 4.69) is 20.6 Å². The summed E-state index contributed by atoms with van der Waals surface area (Å²) >= 11 is 0. The topological polar surface area (TPSA) is 79.3 Å². The fraction of sp³-hybridized carbons (Fsp3) is 0.640. The lowest BCUT2D eigenvalue weighted by molar-refractivity contribution is -0.137. The van der Waals surface area contributed by atoms with Gasteiger partial charge in [-0.2, -0.15) is 18.3 Å². The first kappa shape index (κ1) is 24.2. The number of benzene rings is 1. The number of halogens is 3. The van der Waals surface area contributed by atoms with Crippen LogP contribution in [0.2, 0.25) is 0 Å². The number of fused-ring (bicyclic) bond motifs is 1. The lowest BCUT2D eigenvalue weighted by Gasteiger charge is -2.36. The Morgan fingerprint density at radius 3 is 2.43 bits per heavy atom. The van der Waals surface area contributed by atoms with Crippen LogP contribution in [0.4, 0.5) is 13.2 Å². The Labute approximate surface area is 202 Å². The lowest BCUT2D eigenvalue weighted by atomic mass is 9.84. The van der Waals surface area contributed by atoms with E-state index in [0.717, 1.165) is 45.6 Å². The molecule has 3 fully saturated rings. The number of aryl methyl sites for hydroxylation is 1. The fourth-order valence-electron chi connectivity index (χ4n) is 6.12. The van der Waals surface area contributed by atoms with E-state index in [0.29, 0.717) is 35.4 Å². The van der Waals surface area contributed by atoms with Gasteiger partial charge in [0.1, 0.15) is 0 Å². The predicted molar refractivity (Wildman–Crippen MR) is 125 cm³/mol. The molecule has 1 aromatic carbocycles. The van der Waals surface area contributed by atoms with Crippen molar-refractivity contribution < 1.29 is 22.8 Å². The molecule has 0 aliphatic carbocycles. The third-order valence-corrected chi connectivity index (χ3v) is 7.92. The molecule has 3 aliphatic heterocycles. The van der Waals surface area contributed by atoms with Gasteiger partial charge in [0.25, 0.3) is 0 Å². The minimum atomic E-state index is -4.54. The van der Waals surface area contributed by atoms with E-state index in [4.69, 9.17) is 0 Å². The molecule has 0 spiro atoms. The summed E-state index contributed by atoms with van der Waals surface area (Å²) in [6, 6.07) is 3.28. The number of piperidine rings is 3. The van der Waals surface area contributed by atoms with Gasteiger partial charge < -0.3 is 10.2 Å². The van der Waals surface area contributed by atoms with Gasteiger partial charge in [0.2, 0.25) is 11.8 Å². The van der Waals surface area contributed by atoms with Crippen LogP contribution in [0.15, 0.2) is 12.1 Å². The van der Waals surface area contributed by atoms with Crippen molar-refractivity contribution in [3.8, 4) is 0 Å². The standard InChI is InChI=1S/C25H32F3N5O2/c1-32-23-18(22(31-32)19-4-5-20(34)30-24(19)35)3-2-17(21(23)25(26,27)28)16-8-12-33(13-9-16)14-15-6-10-29-11-7-15/h2-3,15-16,19,29H,4-14H2,1H3,(H,30,34,35). The number of nitrogens with one attached hydrogen (secondary N) is 2. The predicted octanol–water partition coefficient (Wildman–Crippen LogP) is 3.29. The fourth-order valence-corrected chi connectivity index (χ4v) is 6.12. The summed E-state index contributed by atoms with van der Waals surface area (Å²) in [5.41, 5.74) is 0.0119. The van der Waals surface area contributed by atoms with Crippen LogP contribution in [0.1, 0.15) is 67.2 Å². The second-order valence-electron chi connectivity index (χ2n) is 10.2. The molecule has 1 unspecified atom stereocenters. The van der Waals surface area contributed by atoms with Crippen LogP contribution >= 0.6 is 0 Å². The van der Waals surface area contributed by atoms with Crippen LogP contribution in [0.5, 0.6) is 0 Å². The normalized spacial score (nSPS) is 23.7. The van der Waals surface area contributed by atoms with Crippen molar-refractivity contribution in [3.05, 3.63) is 29.0 Å². The Bertz CT molecular complexity index is 1110. The molecule has 190 valence electrons. The summed E-state index contributed by atoms with van der Waals surface area (Å²) < 4.78 is 44.7. The number of hydrogen-bond acceptors (Lipinski definition) is 5. The third-order valence-electron chi connectivity index (χ3n) is 7.92. The van der Waals surface area contributed by atoms with Crippen molar-refractivity contribution in [3.63, 3.8) is 0 Å². The van der Waals surface area contributed by atoms with E-state index in [1.165, 1.54) is 11.7 Å². The number of amides is 2. The smallest absolute Gasteiger partial charge is 0.317 e. The lowest BCUT2D eigenvalue weighted by Crippen LogP contribution is -2.40. The second-order valence-corrected chi connectivity index (χ2v) is 10.2. The van der Waals surface area contributed by atoms with Gasteiger partial charge in [-0.3, -0.25) is 19.6 Å². The monoisotopic (exact) mass is 491 g/mol. The largest absolute Gasteiger partial charge is 0.418 e. The van der Waals surface area contributed by atoms with Crippen LogP contribution in [0.3, 0.4) is 0 Å². The zero-order valence-electron chi connectivity index (χ0n) is 20.0. The first-order chi connectivity index (χ1) is 16.7. The molecule has 0 radical (unpaired) electrons. The number of carbonyl (C=O) groups excluding carboxylic acids is 2. The first-order valence-corrected chi connectivity index (χ1v) is 12.6. The Balaban J connectivity index is 1.43. The summed E-state index contributed by atoms with van der Waals surface area (Å²) in [6.07, 6.45) is -0.453. The highest BCUT2D eigenvalue weighted by Crippen LogP contribution is 2.44. The summed E-state index contributed by atoms with van der Waals surface area (Å²) in [5, 5.41) is 10.4. The minimum Gasteiger partial charge on any atom is -0.317 e. The van der Waals surface area contributed by atoms with Crippen molar-refractivity contribution >= 4 is 22.7 Å². The minimum absolute atomic E-state index is 0.0202. The van der Waals surface area contributed by atoms with Gasteiger partial charge >= 0.3 is 6.18 Å². The average Bonchev–Trinajstić information content (AvgIpc) is 3.15. The SMILES string of the molecule is Cn1nc(C2CCC(=O)NC2=O)c2ccc(C3CCN(CC4CCNCC4)CC3)c(C(F)(F)F)c21. The van der Waals surface area contributed by atoms with Gasteiger partial charge in [-0.25, -0.2) is 0 Å². The number of rotatable bonds is 4. The van der Waals surface area contributed by atoms with Crippen LogP contribution in [0.25, 0.3) is 10.9 Å². The highest BCUT2D eigenvalue weighted by molar-refractivity contribution is 6.02. The van der Waals surface area contributed by atoms with Crippen molar-refractivity contribution in [1.82, 2.24) is 25.3 Å². The maximum Gasteiger partial charge on any atom is 0.418 e. The van der Waals surface area contributed by atoms with Crippen LogP contribution in [-0.4, -0.2) is 59.2 Å². The maximum atomic E-state index is 14.5. The van der Waals surface area contributed by atoms with Gasteiger partial charge in [-0.05, 0) is 75.7 Å². The Hall–Kier alpha value is -2.46. The highest BCUT2D eigenvalue weighted by atomic mass is 19.4. The molecule has 2 N–H and O–H groups in total. The Morgan fingerprint density at radius 1 is 1.06 bits per heavy atom. The van der Waals surface area contributed by atoms with Gasteiger partial charge in [0, 0.05) is 25.4 Å². The number of aromatic nitrogens is 2. The summed E-state index contributed by atoms with van der Waals surface area (Å²) in [4.78, 5) is 26.4. The number of hydrogen-bond donors (Lipinski definition) is 2. The zero-order chi connectivity index (χ0) is 24.7. The molecule has 4 heterocycles. The van der Waals surface area contributed by atoms with Crippen molar-refractivity contribution in [2.75, 3.05) is 32.7 Å². The number of nitrogens with zero attached hydrogens (tertiary/aromatic N) is 3. The van der Waals surface area contributed by atoms with Gasteiger partial charge in [0.15, 0.2) is 0 Å². The van der Waals surface area contributed by atoms with E-state index in [1.807, 2.05) is 0 Å². The van der Waals surface area contributed by atoms with E-state index in [1.54, 1.807) is 12.1 Å². The quantitative estimate of drug-likeness (QED) is 0.642. The number of alkyl halides is 3. The van der Waals surface area contributed by atoms with Gasteiger partial charge in [-0.1, -0.05) is 12.1 Å². The molecule has 0 bridgehead atoms. The molecular weight excluding hydrogens is 459 g/mol. The van der Waals surface area contributed by atoms with Crippen LogP contribution < -0.4 is 10.6 Å². The van der Waals surface area contributed by atoms with E-state index in [9.17, 15) is 22.8 Å². The molecule has 1 aromatic heterocycles. The van der Waals surface area contributed by atoms with Crippen LogP contribution in [0, 0.1) is 5.92 Å². The molecule has 2 amide bonds. The third kappa shape index (κ3) is 4.82. The summed E-state index contributed by atoms with van der Waals surface area (Å²) in [7, 11) is 1.50. The molecule has 10 heteroatoms. The summed E-state index contributed by atoms with van der Waals surface area (Å²) in [5.74, 6) is -1.11. The average molecular weight is 492 g/mol. The molecule has 7 nitrogen and oxygen atoms in total. The van der Waals surface area contributed by atoms with E-state index < -0.39 is 23.6 Å². The molecule has 0 saturated carbocycles. The second kappa shape index (κ2) is 9.54. The van der Waals surface area contributed by atoms with Gasteiger partial charge in [0.05, 0.1) is 22.7 Å². The van der Waals surface area contributed by atoms with E-state index in [-0.39, 0.29) is 30.2 Å². The Kier molecular flexibility index (Phi) is 6.61. The molecular formula is C25H32F3N5O2. The van der Waals surface area contributed by atoms with E-state index >= 15 is 0 Å². The molecule has 2 aromatic rings. The maximum absolute atomic E-state index is 14.5. The molecule has 1 atom stereocenters. The van der Waals surface area contributed by atoms with Crippen molar-refractivity contribution in [2.24, 2.45) is 13.0 Å². The number of imide groups is 1. The molecule has 5 rings (SSSR count). The summed E-state index contributed by atoms with van der Waals surface area (Å²) in [6.45, 7) is 4.72. The molecule has 3 saturated heterocycles. The number of carbonyl (C=O) groups is 2. The Morgan fingerprint density at radius 2 is 1.77 bits per heavy atom. The number of likely N-dealkylation sites (tertiary alicyclic amines) is 1. The zero-order valence-corrected chi connectivity index (χ0v) is 20.0. The van der Waals surface area contributed by atoms with Gasteiger partial charge in [-0.15, -0.1) is 0 Å². The molecule has 35 heavy (non-hydrogen) atoms. The highest BCUT2D eigenvalue weighted by Gasteiger charge is 2.41. The van der Waals surface area contributed by atoms with Crippen molar-refractivity contribution in [1.29, 1.82) is 0 Å². The molecule has 3 aliphatic rings.